The van der Waals surface area contributed by atoms with Gasteiger partial charge in [0.1, 0.15) is 17.4 Å². The molecule has 0 atom stereocenters. The molecule has 2 heterocycles. The normalized spacial score (nSPS) is 10.5. The van der Waals surface area contributed by atoms with Gasteiger partial charge in [0.15, 0.2) is 0 Å². The summed E-state index contributed by atoms with van der Waals surface area (Å²) < 4.78 is 5.28. The Morgan fingerprint density at radius 3 is 2.78 bits per heavy atom. The lowest BCUT2D eigenvalue weighted by Gasteiger charge is -2.07. The van der Waals surface area contributed by atoms with Crippen molar-refractivity contribution in [2.75, 3.05) is 24.3 Å². The molecule has 3 N–H and O–H groups in total. The van der Waals surface area contributed by atoms with Gasteiger partial charge in [-0.3, -0.25) is 4.79 Å². The van der Waals surface area contributed by atoms with Crippen LogP contribution < -0.4 is 15.4 Å². The van der Waals surface area contributed by atoms with E-state index in [1.54, 1.807) is 31.5 Å². The zero-order valence-corrected chi connectivity index (χ0v) is 17.7. The molecule has 2 aromatic carbocycles. The topological polar surface area (TPSA) is 105 Å². The maximum atomic E-state index is 12.3. The molecule has 4 aromatic rings. The Morgan fingerprint density at radius 1 is 1.06 bits per heavy atom. The van der Waals surface area contributed by atoms with E-state index in [1.807, 2.05) is 48.7 Å². The number of H-pyrrole nitrogens is 1. The number of nitrogens with zero attached hydrogens (tertiary/aromatic N) is 3. The minimum Gasteiger partial charge on any atom is -0.497 e. The number of methoxy groups -OCH3 is 1. The standard InChI is InChI=1S/C24H24N6O2/c1-32-19-10-5-9-18(15-19)20-16-27-21(28-20)11-6-13-25-24-26-14-12-22(30-24)29-23(31)17-7-3-2-4-8-17/h2-5,7-10,12,14-16H,6,11,13H2,1H3,(H,27,28)(H2,25,26,29,30,31). The fraction of sp³-hybridized carbons (Fsp3) is 0.167. The van der Waals surface area contributed by atoms with E-state index in [4.69, 9.17) is 4.74 Å². The predicted octanol–water partition coefficient (Wildman–Crippen LogP) is 4.17. The van der Waals surface area contributed by atoms with Crippen molar-refractivity contribution in [3.05, 3.63) is 84.4 Å². The third-order valence-corrected chi connectivity index (χ3v) is 4.82. The van der Waals surface area contributed by atoms with Crippen LogP contribution in [0.3, 0.4) is 0 Å². The van der Waals surface area contributed by atoms with Crippen molar-refractivity contribution in [2.24, 2.45) is 0 Å². The third kappa shape index (κ3) is 5.48. The summed E-state index contributed by atoms with van der Waals surface area (Å²) in [6.45, 7) is 0.672. The van der Waals surface area contributed by atoms with E-state index in [0.717, 1.165) is 35.7 Å². The molecule has 0 unspecified atom stereocenters. The fourth-order valence-electron chi connectivity index (χ4n) is 3.17. The number of aromatic amines is 1. The SMILES string of the molecule is COc1cccc(-c2cnc(CCCNc3nccc(NC(=O)c4ccccc4)n3)[nH]2)c1. The van der Waals surface area contributed by atoms with Crippen LogP contribution in [0.25, 0.3) is 11.3 Å². The van der Waals surface area contributed by atoms with Gasteiger partial charge in [-0.1, -0.05) is 30.3 Å². The zero-order valence-electron chi connectivity index (χ0n) is 17.7. The average molecular weight is 428 g/mol. The monoisotopic (exact) mass is 428 g/mol. The first kappa shape index (κ1) is 21.0. The molecule has 2 aromatic heterocycles. The van der Waals surface area contributed by atoms with Crippen molar-refractivity contribution in [1.29, 1.82) is 0 Å². The summed E-state index contributed by atoms with van der Waals surface area (Å²) >= 11 is 0. The number of aryl methyl sites for hydroxylation is 1. The number of amides is 1. The maximum Gasteiger partial charge on any atom is 0.256 e. The van der Waals surface area contributed by atoms with E-state index >= 15 is 0 Å². The van der Waals surface area contributed by atoms with E-state index in [2.05, 4.69) is 30.6 Å². The number of hydrogen-bond donors (Lipinski definition) is 3. The zero-order chi connectivity index (χ0) is 22.2. The highest BCUT2D eigenvalue weighted by Gasteiger charge is 2.08. The van der Waals surface area contributed by atoms with E-state index < -0.39 is 0 Å². The summed E-state index contributed by atoms with van der Waals surface area (Å²) in [5, 5.41) is 5.98. The molecule has 0 aliphatic heterocycles. The molecule has 0 spiro atoms. The molecule has 0 radical (unpaired) electrons. The van der Waals surface area contributed by atoms with Crippen LogP contribution in [0.1, 0.15) is 22.6 Å². The van der Waals surface area contributed by atoms with Crippen LogP contribution in [0, 0.1) is 0 Å². The van der Waals surface area contributed by atoms with Gasteiger partial charge >= 0.3 is 0 Å². The second-order valence-corrected chi connectivity index (χ2v) is 7.09. The van der Waals surface area contributed by atoms with Gasteiger partial charge in [-0.15, -0.1) is 0 Å². The molecule has 162 valence electrons. The molecular weight excluding hydrogens is 404 g/mol. The molecule has 32 heavy (non-hydrogen) atoms. The van der Waals surface area contributed by atoms with Crippen molar-refractivity contribution in [3.8, 4) is 17.0 Å². The molecule has 0 aliphatic carbocycles. The van der Waals surface area contributed by atoms with Crippen LogP contribution >= 0.6 is 0 Å². The number of benzene rings is 2. The predicted molar refractivity (Wildman–Crippen MR) is 124 cm³/mol. The summed E-state index contributed by atoms with van der Waals surface area (Å²) in [5.74, 6) is 2.43. The number of hydrogen-bond acceptors (Lipinski definition) is 6. The van der Waals surface area contributed by atoms with Gasteiger partial charge in [-0.05, 0) is 36.8 Å². The Kier molecular flexibility index (Phi) is 6.72. The van der Waals surface area contributed by atoms with E-state index in [1.165, 1.54) is 0 Å². The second-order valence-electron chi connectivity index (χ2n) is 7.09. The summed E-state index contributed by atoms with van der Waals surface area (Å²) in [4.78, 5) is 28.7. The van der Waals surface area contributed by atoms with Crippen LogP contribution in [-0.2, 0) is 6.42 Å². The number of carbonyl (C=O) groups is 1. The van der Waals surface area contributed by atoms with E-state index in [-0.39, 0.29) is 5.91 Å². The smallest absolute Gasteiger partial charge is 0.256 e. The quantitative estimate of drug-likeness (QED) is 0.346. The molecule has 0 saturated heterocycles. The van der Waals surface area contributed by atoms with Crippen molar-refractivity contribution in [3.63, 3.8) is 0 Å². The van der Waals surface area contributed by atoms with Crippen LogP contribution in [-0.4, -0.2) is 39.5 Å². The van der Waals surface area contributed by atoms with E-state index in [9.17, 15) is 4.79 Å². The van der Waals surface area contributed by atoms with Crippen molar-refractivity contribution < 1.29 is 9.53 Å². The third-order valence-electron chi connectivity index (χ3n) is 4.82. The molecule has 0 saturated carbocycles. The Hall–Kier alpha value is -4.20. The lowest BCUT2D eigenvalue weighted by Crippen LogP contribution is -2.14. The van der Waals surface area contributed by atoms with Gasteiger partial charge in [0.05, 0.1) is 19.0 Å². The highest BCUT2D eigenvalue weighted by molar-refractivity contribution is 6.03. The van der Waals surface area contributed by atoms with Gasteiger partial charge in [0, 0.05) is 30.3 Å². The molecule has 8 heteroatoms. The Morgan fingerprint density at radius 2 is 1.94 bits per heavy atom. The number of anilines is 2. The molecule has 8 nitrogen and oxygen atoms in total. The summed E-state index contributed by atoms with van der Waals surface area (Å²) in [5.41, 5.74) is 2.56. The lowest BCUT2D eigenvalue weighted by molar-refractivity contribution is 0.102. The molecular formula is C24H24N6O2. The molecule has 1 amide bonds. The maximum absolute atomic E-state index is 12.3. The Bertz CT molecular complexity index is 1180. The average Bonchev–Trinajstić information content (AvgIpc) is 3.32. The number of nitrogens with one attached hydrogen (secondary N) is 3. The molecule has 0 aliphatic rings. The minimum absolute atomic E-state index is 0.208. The molecule has 4 rings (SSSR count). The first-order chi connectivity index (χ1) is 15.7. The number of aromatic nitrogens is 4. The van der Waals surface area contributed by atoms with Crippen molar-refractivity contribution in [1.82, 2.24) is 19.9 Å². The Labute approximate surface area is 186 Å². The number of carbonyl (C=O) groups excluding carboxylic acids is 1. The summed E-state index contributed by atoms with van der Waals surface area (Å²) in [6, 6.07) is 18.5. The van der Waals surface area contributed by atoms with Gasteiger partial charge in [0.2, 0.25) is 5.95 Å². The fourth-order valence-corrected chi connectivity index (χ4v) is 3.17. The first-order valence-electron chi connectivity index (χ1n) is 10.3. The number of imidazole rings is 1. The van der Waals surface area contributed by atoms with Crippen molar-refractivity contribution in [2.45, 2.75) is 12.8 Å². The highest BCUT2D eigenvalue weighted by atomic mass is 16.5. The largest absolute Gasteiger partial charge is 0.497 e. The Balaban J connectivity index is 1.27. The van der Waals surface area contributed by atoms with Gasteiger partial charge < -0.3 is 20.4 Å². The molecule has 0 fully saturated rings. The highest BCUT2D eigenvalue weighted by Crippen LogP contribution is 2.22. The van der Waals surface area contributed by atoms with Gasteiger partial charge in [-0.2, -0.15) is 4.98 Å². The van der Waals surface area contributed by atoms with Crippen LogP contribution in [0.15, 0.2) is 73.1 Å². The van der Waals surface area contributed by atoms with E-state index in [0.29, 0.717) is 23.9 Å². The molecule has 0 bridgehead atoms. The van der Waals surface area contributed by atoms with Crippen molar-refractivity contribution >= 4 is 17.7 Å². The van der Waals surface area contributed by atoms with Gasteiger partial charge in [-0.25, -0.2) is 9.97 Å². The first-order valence-corrected chi connectivity index (χ1v) is 10.3. The van der Waals surface area contributed by atoms with Crippen LogP contribution in [0.2, 0.25) is 0 Å². The van der Waals surface area contributed by atoms with Crippen LogP contribution in [0.5, 0.6) is 5.75 Å². The second kappa shape index (κ2) is 10.2. The number of rotatable bonds is 9. The van der Waals surface area contributed by atoms with Gasteiger partial charge in [0.25, 0.3) is 5.91 Å². The number of ether oxygens (including phenoxy) is 1. The van der Waals surface area contributed by atoms with Crippen LogP contribution in [0.4, 0.5) is 11.8 Å². The lowest BCUT2D eigenvalue weighted by atomic mass is 10.1. The minimum atomic E-state index is -0.208. The summed E-state index contributed by atoms with van der Waals surface area (Å²) in [6.07, 6.45) is 5.07. The summed E-state index contributed by atoms with van der Waals surface area (Å²) in [7, 11) is 1.65.